The molecule has 0 aromatic carbocycles. The minimum Gasteiger partial charge on any atom is -0.462 e. The maximum atomic E-state index is 12.5. The third kappa shape index (κ3) is 37.7. The first-order chi connectivity index (χ1) is 26.2. The lowest BCUT2D eigenvalue weighted by Crippen LogP contribution is -2.29. The molecule has 0 aliphatic rings. The van der Waals surface area contributed by atoms with Gasteiger partial charge in [-0.3, -0.25) is 18.6 Å². The second-order valence-electron chi connectivity index (χ2n) is 13.3. The van der Waals surface area contributed by atoms with E-state index < -0.39 is 32.5 Å². The smallest absolute Gasteiger partial charge is 0.462 e. The number of allylic oxidation sites excluding steroid dienone is 11. The molecule has 0 aliphatic carbocycles. The third-order valence-corrected chi connectivity index (χ3v) is 9.10. The molecule has 0 heterocycles. The van der Waals surface area contributed by atoms with Gasteiger partial charge in [-0.05, 0) is 83.5 Å². The minimum atomic E-state index is -4.40. The minimum absolute atomic E-state index is 0.0343. The van der Waals surface area contributed by atoms with Gasteiger partial charge in [-0.2, -0.15) is 0 Å². The van der Waals surface area contributed by atoms with Gasteiger partial charge in [0.05, 0.1) is 19.3 Å². The van der Waals surface area contributed by atoms with E-state index in [9.17, 15) is 24.2 Å². The maximum Gasteiger partial charge on any atom is 0.472 e. The van der Waals surface area contributed by atoms with E-state index in [1.165, 1.54) is 19.3 Å². The fourth-order valence-electron chi connectivity index (χ4n) is 5.08. The largest absolute Gasteiger partial charge is 0.472 e. The van der Waals surface area contributed by atoms with E-state index in [1.54, 1.807) is 0 Å². The molecule has 0 radical (unpaired) electrons. The zero-order chi connectivity index (χ0) is 39.8. The van der Waals surface area contributed by atoms with Gasteiger partial charge >= 0.3 is 19.8 Å². The highest BCUT2D eigenvalue weighted by molar-refractivity contribution is 7.47. The van der Waals surface area contributed by atoms with Gasteiger partial charge in [0.1, 0.15) is 6.61 Å². The lowest BCUT2D eigenvalue weighted by Gasteiger charge is -2.19. The van der Waals surface area contributed by atoms with Crippen molar-refractivity contribution in [3.8, 4) is 0 Å². The van der Waals surface area contributed by atoms with Crippen molar-refractivity contribution in [3.05, 3.63) is 72.9 Å². The lowest BCUT2D eigenvalue weighted by atomic mass is 10.1. The molecule has 10 nitrogen and oxygen atoms in total. The lowest BCUT2D eigenvalue weighted by molar-refractivity contribution is -0.161. The molecule has 0 saturated carbocycles. The summed E-state index contributed by atoms with van der Waals surface area (Å²) in [6.45, 7) is 3.39. The first-order valence-electron chi connectivity index (χ1n) is 20.5. The number of carbonyl (C=O) groups is 2. The summed E-state index contributed by atoms with van der Waals surface area (Å²) in [6.07, 6.45) is 42.8. The predicted molar refractivity (Wildman–Crippen MR) is 221 cm³/mol. The number of rotatable bonds is 37. The third-order valence-electron chi connectivity index (χ3n) is 8.12. The van der Waals surface area contributed by atoms with E-state index >= 15 is 0 Å². The van der Waals surface area contributed by atoms with Crippen LogP contribution in [0.15, 0.2) is 72.9 Å². The number of aliphatic hydroxyl groups excluding tert-OH is 1. The Hall–Kier alpha value is -2.59. The summed E-state index contributed by atoms with van der Waals surface area (Å²) in [4.78, 5) is 34.8. The molecule has 0 saturated heterocycles. The number of unbranched alkanes of at least 4 members (excludes halogenated alkanes) is 9. The summed E-state index contributed by atoms with van der Waals surface area (Å²) in [7, 11) is -4.40. The maximum absolute atomic E-state index is 12.5. The van der Waals surface area contributed by atoms with Crippen molar-refractivity contribution in [2.24, 2.45) is 5.73 Å². The van der Waals surface area contributed by atoms with E-state index in [4.69, 9.17) is 24.3 Å². The predicted octanol–water partition coefficient (Wildman–Crippen LogP) is 10.5. The van der Waals surface area contributed by atoms with Crippen molar-refractivity contribution in [3.63, 3.8) is 0 Å². The normalized spacial score (nSPS) is 14.7. The Labute approximate surface area is 327 Å². The topological polar surface area (TPSA) is 155 Å². The van der Waals surface area contributed by atoms with Crippen LogP contribution in [0.25, 0.3) is 0 Å². The van der Waals surface area contributed by atoms with Gasteiger partial charge in [0.15, 0.2) is 6.10 Å². The van der Waals surface area contributed by atoms with Crippen molar-refractivity contribution >= 4 is 19.8 Å². The van der Waals surface area contributed by atoms with Crippen LogP contribution in [0, 0.1) is 0 Å². The van der Waals surface area contributed by atoms with Crippen LogP contribution < -0.4 is 5.73 Å². The van der Waals surface area contributed by atoms with Crippen LogP contribution in [-0.2, 0) is 32.7 Å². The Morgan fingerprint density at radius 2 is 1.15 bits per heavy atom. The molecular formula is C43H74NO9P. The summed E-state index contributed by atoms with van der Waals surface area (Å²) in [5.74, 6) is -0.938. The Morgan fingerprint density at radius 1 is 0.630 bits per heavy atom. The molecule has 11 heteroatoms. The van der Waals surface area contributed by atoms with E-state index in [0.717, 1.165) is 77.0 Å². The molecule has 310 valence electrons. The molecular weight excluding hydrogens is 705 g/mol. The Kier molecular flexibility index (Phi) is 36.8. The second-order valence-corrected chi connectivity index (χ2v) is 14.8. The van der Waals surface area contributed by atoms with E-state index in [0.29, 0.717) is 25.7 Å². The van der Waals surface area contributed by atoms with Crippen molar-refractivity contribution in [2.75, 3.05) is 26.4 Å². The van der Waals surface area contributed by atoms with E-state index in [1.807, 2.05) is 12.2 Å². The van der Waals surface area contributed by atoms with Gasteiger partial charge in [-0.25, -0.2) is 4.57 Å². The SMILES string of the molecule is CCCCC/C=C\C/C=C\CCCCCCCC(=O)O[C@H](COC(=O)CCC/C=C\C/C=C\C/C=C\C/C=C\CC(O)CCC)COP(=O)(O)OCCN. The molecule has 0 spiro atoms. The molecule has 54 heavy (non-hydrogen) atoms. The fourth-order valence-corrected chi connectivity index (χ4v) is 5.85. The van der Waals surface area contributed by atoms with Crippen molar-refractivity contribution < 1.29 is 42.7 Å². The van der Waals surface area contributed by atoms with Crippen LogP contribution in [0.3, 0.4) is 0 Å². The van der Waals surface area contributed by atoms with Gasteiger partial charge in [-0.1, -0.05) is 125 Å². The van der Waals surface area contributed by atoms with Crippen molar-refractivity contribution in [1.82, 2.24) is 0 Å². The van der Waals surface area contributed by atoms with Crippen LogP contribution >= 0.6 is 7.82 Å². The first kappa shape index (κ1) is 51.4. The quantitative estimate of drug-likeness (QED) is 0.0240. The van der Waals surface area contributed by atoms with Crippen LogP contribution in [0.4, 0.5) is 0 Å². The molecule has 0 fully saturated rings. The molecule has 0 aliphatic heterocycles. The molecule has 4 N–H and O–H groups in total. The van der Waals surface area contributed by atoms with Crippen LogP contribution in [0.5, 0.6) is 0 Å². The number of phosphoric acid groups is 1. The Bertz CT molecular complexity index is 1130. The highest BCUT2D eigenvalue weighted by atomic mass is 31.2. The number of nitrogens with two attached hydrogens (primary N) is 1. The molecule has 0 amide bonds. The molecule has 0 aromatic heterocycles. The number of ether oxygens (including phenoxy) is 2. The summed E-state index contributed by atoms with van der Waals surface area (Å²) in [5.41, 5.74) is 5.33. The molecule has 3 atom stereocenters. The number of carbonyl (C=O) groups excluding carboxylic acids is 2. The van der Waals surface area contributed by atoms with Crippen LogP contribution in [-0.4, -0.2) is 60.5 Å². The number of phosphoric ester groups is 1. The molecule has 2 unspecified atom stereocenters. The van der Waals surface area contributed by atoms with Gasteiger partial charge in [0.2, 0.25) is 0 Å². The van der Waals surface area contributed by atoms with Crippen molar-refractivity contribution in [1.29, 1.82) is 0 Å². The molecule has 0 rings (SSSR count). The number of hydrogen-bond acceptors (Lipinski definition) is 9. The summed E-state index contributed by atoms with van der Waals surface area (Å²) in [6, 6.07) is 0. The van der Waals surface area contributed by atoms with Crippen molar-refractivity contribution in [2.45, 2.75) is 161 Å². The Balaban J connectivity index is 4.34. The monoisotopic (exact) mass is 780 g/mol. The summed E-state index contributed by atoms with van der Waals surface area (Å²) in [5, 5.41) is 9.71. The van der Waals surface area contributed by atoms with E-state index in [2.05, 4.69) is 74.6 Å². The average molecular weight is 780 g/mol. The summed E-state index contributed by atoms with van der Waals surface area (Å²) >= 11 is 0. The summed E-state index contributed by atoms with van der Waals surface area (Å²) < 4.78 is 32.6. The number of esters is 2. The zero-order valence-corrected chi connectivity index (χ0v) is 34.4. The standard InChI is InChI=1S/C43H74NO9P/c1-3-5-6-7-8-9-10-11-12-15-19-22-25-28-31-35-43(47)53-41(39-52-54(48,49)51-37-36-44)38-50-42(46)34-30-27-24-21-18-16-13-14-17-20-23-26-29-33-40(45)32-4-2/h8-9,11-13,16-17,20-21,24,26,29,40-41,45H,3-7,10,14-15,18-19,22-23,25,27-28,30-39,44H2,1-2H3,(H,48,49)/b9-8-,12-11-,16-13-,20-17-,24-21-,29-26-/t40?,41-/m1/s1. The number of hydrogen-bond donors (Lipinski definition) is 3. The first-order valence-corrected chi connectivity index (χ1v) is 22.0. The number of aliphatic hydroxyl groups is 1. The van der Waals surface area contributed by atoms with Crippen LogP contribution in [0.1, 0.15) is 149 Å². The molecule has 0 bridgehead atoms. The highest BCUT2D eigenvalue weighted by Crippen LogP contribution is 2.43. The zero-order valence-electron chi connectivity index (χ0n) is 33.5. The van der Waals surface area contributed by atoms with Gasteiger partial charge < -0.3 is 25.2 Å². The highest BCUT2D eigenvalue weighted by Gasteiger charge is 2.25. The average Bonchev–Trinajstić information content (AvgIpc) is 3.15. The Morgan fingerprint density at radius 3 is 1.74 bits per heavy atom. The van der Waals surface area contributed by atoms with E-state index in [-0.39, 0.29) is 38.7 Å². The fraction of sp³-hybridized carbons (Fsp3) is 0.674. The van der Waals surface area contributed by atoms with Gasteiger partial charge in [0, 0.05) is 19.4 Å². The van der Waals surface area contributed by atoms with Gasteiger partial charge in [0.25, 0.3) is 0 Å². The van der Waals surface area contributed by atoms with Crippen LogP contribution in [0.2, 0.25) is 0 Å². The van der Waals surface area contributed by atoms with Gasteiger partial charge in [-0.15, -0.1) is 0 Å². The molecule has 0 aromatic rings. The second kappa shape index (κ2) is 38.7.